The van der Waals surface area contributed by atoms with Gasteiger partial charge in [0.1, 0.15) is 5.82 Å². The molecule has 1 aliphatic rings. The molecule has 4 rings (SSSR count). The third-order valence-electron chi connectivity index (χ3n) is 5.16. The number of aryl methyl sites for hydroxylation is 2. The van der Waals surface area contributed by atoms with Crippen molar-refractivity contribution in [3.63, 3.8) is 0 Å². The van der Waals surface area contributed by atoms with Gasteiger partial charge in [0.05, 0.1) is 10.5 Å². The second-order valence-electron chi connectivity index (χ2n) is 7.21. The van der Waals surface area contributed by atoms with Crippen LogP contribution in [0.3, 0.4) is 0 Å². The van der Waals surface area contributed by atoms with Crippen molar-refractivity contribution in [1.82, 2.24) is 9.78 Å². The van der Waals surface area contributed by atoms with E-state index >= 15 is 0 Å². The zero-order valence-corrected chi connectivity index (χ0v) is 18.5. The van der Waals surface area contributed by atoms with E-state index in [1.807, 2.05) is 25.3 Å². The van der Waals surface area contributed by atoms with Gasteiger partial charge in [0.15, 0.2) is 11.7 Å². The molecule has 0 unspecified atom stereocenters. The Balaban J connectivity index is 1.69. The summed E-state index contributed by atoms with van der Waals surface area (Å²) < 4.78 is 42.5. The molecule has 30 heavy (non-hydrogen) atoms. The minimum Gasteiger partial charge on any atom is -0.362 e. The van der Waals surface area contributed by atoms with Crippen molar-refractivity contribution in [2.24, 2.45) is 0 Å². The topological polar surface area (TPSA) is 59.0 Å². The lowest BCUT2D eigenvalue weighted by Gasteiger charge is -2.33. The maximum atomic E-state index is 13.8. The summed E-state index contributed by atoms with van der Waals surface area (Å²) in [6.45, 7) is 3.87. The highest BCUT2D eigenvalue weighted by atomic mass is 79.9. The van der Waals surface area contributed by atoms with Crippen LogP contribution in [0.25, 0.3) is 0 Å². The van der Waals surface area contributed by atoms with Gasteiger partial charge in [-0.15, -0.1) is 11.3 Å². The first kappa shape index (κ1) is 20.9. The fraction of sp³-hybridized carbons (Fsp3) is 0.300. The molecule has 0 bridgehead atoms. The molecule has 0 aliphatic carbocycles. The maximum absolute atomic E-state index is 13.8. The van der Waals surface area contributed by atoms with E-state index in [1.165, 1.54) is 11.3 Å². The molecule has 158 valence electrons. The number of amides is 1. The van der Waals surface area contributed by atoms with Gasteiger partial charge in [0, 0.05) is 17.0 Å². The number of benzene rings is 1. The van der Waals surface area contributed by atoms with Crippen LogP contribution in [0.5, 0.6) is 0 Å². The van der Waals surface area contributed by atoms with Crippen LogP contribution in [0, 0.1) is 13.8 Å². The van der Waals surface area contributed by atoms with Gasteiger partial charge in [-0.3, -0.25) is 4.79 Å². The van der Waals surface area contributed by atoms with Crippen LogP contribution in [0.2, 0.25) is 0 Å². The summed E-state index contributed by atoms with van der Waals surface area (Å²) in [7, 11) is 0. The number of thiophene rings is 1. The Morgan fingerprint density at radius 2 is 2.07 bits per heavy atom. The number of nitrogens with one attached hydrogen (secondary N) is 2. The van der Waals surface area contributed by atoms with Crippen LogP contribution < -0.4 is 10.6 Å². The first-order valence-corrected chi connectivity index (χ1v) is 10.9. The van der Waals surface area contributed by atoms with Crippen molar-refractivity contribution < 1.29 is 18.0 Å². The van der Waals surface area contributed by atoms with Gasteiger partial charge in [0.25, 0.3) is 5.91 Å². The zero-order chi connectivity index (χ0) is 21.6. The Hall–Kier alpha value is -2.33. The van der Waals surface area contributed by atoms with Crippen molar-refractivity contribution in [2.45, 2.75) is 38.5 Å². The molecule has 3 heterocycles. The molecule has 1 amide bonds. The lowest BCUT2D eigenvalue weighted by Crippen LogP contribution is -2.35. The number of halogens is 4. The van der Waals surface area contributed by atoms with E-state index in [9.17, 15) is 18.0 Å². The van der Waals surface area contributed by atoms with Gasteiger partial charge in [-0.1, -0.05) is 12.1 Å². The van der Waals surface area contributed by atoms with E-state index in [4.69, 9.17) is 0 Å². The molecule has 3 aromatic rings. The molecular formula is C20H18BrF3N4OS. The quantitative estimate of drug-likeness (QED) is 0.449. The first-order chi connectivity index (χ1) is 14.1. The van der Waals surface area contributed by atoms with Crippen molar-refractivity contribution in [3.8, 4) is 0 Å². The monoisotopic (exact) mass is 498 g/mol. The van der Waals surface area contributed by atoms with Crippen LogP contribution in [0.4, 0.5) is 24.7 Å². The summed E-state index contributed by atoms with van der Waals surface area (Å²) in [5, 5.41) is 11.7. The predicted molar refractivity (Wildman–Crippen MR) is 114 cm³/mol. The van der Waals surface area contributed by atoms with E-state index in [-0.39, 0.29) is 22.4 Å². The van der Waals surface area contributed by atoms with E-state index in [0.29, 0.717) is 5.69 Å². The number of rotatable bonds is 3. The molecule has 2 N–H and O–H groups in total. The third kappa shape index (κ3) is 3.85. The number of aromatic nitrogens is 2. The average molecular weight is 499 g/mol. The first-order valence-electron chi connectivity index (χ1n) is 9.18. The van der Waals surface area contributed by atoms with Crippen LogP contribution >= 0.6 is 27.3 Å². The Bertz CT molecular complexity index is 1090. The number of anilines is 2. The molecule has 5 nitrogen and oxygen atoms in total. The number of hydrogen-bond donors (Lipinski definition) is 2. The second-order valence-corrected chi connectivity index (χ2v) is 8.99. The van der Waals surface area contributed by atoms with Gasteiger partial charge in [-0.05, 0) is 64.5 Å². The normalized spacial score (nSPS) is 18.6. The summed E-state index contributed by atoms with van der Waals surface area (Å²) in [5.74, 6) is -0.436. The maximum Gasteiger partial charge on any atom is 0.410 e. The largest absolute Gasteiger partial charge is 0.410 e. The van der Waals surface area contributed by atoms with Crippen LogP contribution in [0.1, 0.15) is 45.0 Å². The zero-order valence-electron chi connectivity index (χ0n) is 16.0. The van der Waals surface area contributed by atoms with Gasteiger partial charge in [0.2, 0.25) is 0 Å². The van der Waals surface area contributed by atoms with Crippen LogP contribution in [0.15, 0.2) is 40.2 Å². The molecule has 0 spiro atoms. The molecule has 0 saturated carbocycles. The number of fused-ring (bicyclic) bond motifs is 1. The highest BCUT2D eigenvalue weighted by Crippen LogP contribution is 2.46. The Morgan fingerprint density at radius 1 is 1.30 bits per heavy atom. The van der Waals surface area contributed by atoms with E-state index in [2.05, 4.69) is 31.7 Å². The Kier molecular flexibility index (Phi) is 5.39. The number of carbonyl (C=O) groups excluding carboxylic acids is 1. The molecule has 2 aromatic heterocycles. The summed E-state index contributed by atoms with van der Waals surface area (Å²) in [4.78, 5) is 13.6. The van der Waals surface area contributed by atoms with Crippen molar-refractivity contribution in [2.75, 3.05) is 10.6 Å². The summed E-state index contributed by atoms with van der Waals surface area (Å²) in [6, 6.07) is 6.66. The fourth-order valence-corrected chi connectivity index (χ4v) is 4.77. The predicted octanol–water partition coefficient (Wildman–Crippen LogP) is 6.24. The number of carbonyl (C=O) groups is 1. The molecule has 1 aromatic carbocycles. The second kappa shape index (κ2) is 7.73. The molecule has 10 heteroatoms. The average Bonchev–Trinajstić information content (AvgIpc) is 3.32. The number of nitrogens with zero attached hydrogens (tertiary/aromatic N) is 2. The summed E-state index contributed by atoms with van der Waals surface area (Å²) in [5.41, 5.74) is 2.52. The number of alkyl halides is 3. The lowest BCUT2D eigenvalue weighted by molar-refractivity contribution is -0.173. The lowest BCUT2D eigenvalue weighted by atomic mass is 10.0. The summed E-state index contributed by atoms with van der Waals surface area (Å²) >= 11 is 4.68. The fourth-order valence-electron chi connectivity index (χ4n) is 3.42. The van der Waals surface area contributed by atoms with Crippen molar-refractivity contribution in [1.29, 1.82) is 0 Å². The van der Waals surface area contributed by atoms with Crippen molar-refractivity contribution >= 4 is 44.7 Å². The van der Waals surface area contributed by atoms with Gasteiger partial charge in [-0.2, -0.15) is 18.3 Å². The van der Waals surface area contributed by atoms with Gasteiger partial charge < -0.3 is 10.6 Å². The summed E-state index contributed by atoms with van der Waals surface area (Å²) in [6.07, 6.45) is -4.71. The highest BCUT2D eigenvalue weighted by Gasteiger charge is 2.48. The van der Waals surface area contributed by atoms with E-state index in [1.54, 1.807) is 24.3 Å². The molecule has 0 fully saturated rings. The van der Waals surface area contributed by atoms with Gasteiger partial charge in [-0.25, -0.2) is 4.68 Å². The molecular weight excluding hydrogens is 481 g/mol. The third-order valence-corrected chi connectivity index (χ3v) is 6.90. The van der Waals surface area contributed by atoms with Crippen LogP contribution in [-0.2, 0) is 0 Å². The Morgan fingerprint density at radius 3 is 2.70 bits per heavy atom. The highest BCUT2D eigenvalue weighted by molar-refractivity contribution is 9.10. The van der Waals surface area contributed by atoms with E-state index in [0.717, 1.165) is 20.7 Å². The van der Waals surface area contributed by atoms with Gasteiger partial charge >= 0.3 is 6.18 Å². The molecule has 2 atom stereocenters. The Labute approximate surface area is 183 Å². The van der Waals surface area contributed by atoms with Crippen LogP contribution in [-0.4, -0.2) is 21.9 Å². The minimum absolute atomic E-state index is 0.100. The molecule has 0 radical (unpaired) electrons. The standard InChI is InChI=1S/C20H18BrF3N4OS/c1-10-5-6-12(8-11(10)2)25-19(29)17-16(21)18-26-13(14-4-3-7-30-14)9-15(20(22,23)24)28(18)27-17/h3-8,13,15,26H,9H2,1-2H3,(H,25,29)/t13-,15-/m1/s1. The SMILES string of the molecule is Cc1ccc(NC(=O)c2nn3c(c2Br)N[C@@H](c2cccs2)C[C@@H]3C(F)(F)F)cc1C. The minimum atomic E-state index is -4.50. The molecule has 1 aliphatic heterocycles. The number of hydrogen-bond acceptors (Lipinski definition) is 4. The van der Waals surface area contributed by atoms with E-state index < -0.39 is 24.2 Å². The molecule has 0 saturated heterocycles. The van der Waals surface area contributed by atoms with Crippen molar-refractivity contribution in [3.05, 3.63) is 61.9 Å². The smallest absolute Gasteiger partial charge is 0.362 e.